The Kier molecular flexibility index (Phi) is 8.48. The van der Waals surface area contributed by atoms with E-state index < -0.39 is 0 Å². The van der Waals surface area contributed by atoms with Crippen LogP contribution in [-0.4, -0.2) is 13.2 Å². The second-order valence-electron chi connectivity index (χ2n) is 2.26. The summed E-state index contributed by atoms with van der Waals surface area (Å²) in [5.41, 5.74) is 0. The van der Waals surface area contributed by atoms with Gasteiger partial charge in [-0.2, -0.15) is 0 Å². The summed E-state index contributed by atoms with van der Waals surface area (Å²) >= 11 is 0. The van der Waals surface area contributed by atoms with Crippen LogP contribution < -0.4 is 5.11 Å². The molecule has 1 aliphatic rings. The first kappa shape index (κ1) is 13.7. The molecule has 0 radical (unpaired) electrons. The molecule has 0 saturated carbocycles. The fourth-order valence-electron chi connectivity index (χ4n) is 1.06. The summed E-state index contributed by atoms with van der Waals surface area (Å²) in [6.45, 7) is 0. The van der Waals surface area contributed by atoms with Crippen molar-refractivity contribution in [1.29, 1.82) is 0 Å². The Morgan fingerprint density at radius 1 is 1.64 bits per heavy atom. The van der Waals surface area contributed by atoms with Crippen LogP contribution in [0.3, 0.4) is 0 Å². The number of methoxy groups -OCH3 is 1. The zero-order chi connectivity index (χ0) is 6.69. The van der Waals surface area contributed by atoms with E-state index in [1.54, 1.807) is 13.2 Å². The van der Waals surface area contributed by atoms with E-state index in [4.69, 9.17) is 4.74 Å². The molecule has 0 bridgehead atoms. The van der Waals surface area contributed by atoms with Gasteiger partial charge in [-0.1, -0.05) is 13.5 Å². The van der Waals surface area contributed by atoms with Gasteiger partial charge < -0.3 is 9.84 Å². The average Bonchev–Trinajstić information content (AvgIpc) is 1.89. The molecular weight excluding hydrogens is 193 g/mol. The molecule has 0 amide bonds. The van der Waals surface area contributed by atoms with Gasteiger partial charge in [0.15, 0.2) is 0 Å². The molecule has 0 saturated heterocycles. The van der Waals surface area contributed by atoms with E-state index in [1.165, 1.54) is 0 Å². The third kappa shape index (κ3) is 3.88. The van der Waals surface area contributed by atoms with Crippen molar-refractivity contribution >= 4 is 0 Å². The van der Waals surface area contributed by atoms with Crippen LogP contribution in [0.2, 0.25) is 0 Å². The molecule has 62 valence electrons. The van der Waals surface area contributed by atoms with Crippen LogP contribution in [0.4, 0.5) is 0 Å². The van der Waals surface area contributed by atoms with Gasteiger partial charge in [-0.05, 0) is 19.3 Å². The Balaban J connectivity index is 0. The molecule has 0 N–H and O–H groups in total. The van der Waals surface area contributed by atoms with Crippen molar-refractivity contribution in [2.45, 2.75) is 32.8 Å². The molecule has 0 aliphatic heterocycles. The zero-order valence-electron chi connectivity index (χ0n) is 6.30. The van der Waals surface area contributed by atoms with Crippen molar-refractivity contribution in [3.63, 3.8) is 0 Å². The largest absolute Gasteiger partial charge is 0.874 e. The van der Waals surface area contributed by atoms with Crippen molar-refractivity contribution in [1.82, 2.24) is 0 Å². The molecule has 0 fully saturated rings. The Morgan fingerprint density at radius 2 is 2.27 bits per heavy atom. The first-order chi connectivity index (χ1) is 4.34. The fourth-order valence-corrected chi connectivity index (χ4v) is 1.06. The molecule has 0 aromatic rings. The van der Waals surface area contributed by atoms with Gasteiger partial charge in [0, 0.05) is 26.6 Å². The maximum Gasteiger partial charge on any atom is 0.0679 e. The Hall–Kier alpha value is 0.123. The molecule has 3 heteroatoms. The minimum Gasteiger partial charge on any atom is -0.874 e. The molecule has 1 unspecified atom stereocenters. The third-order valence-electron chi connectivity index (χ3n) is 1.62. The summed E-state index contributed by atoms with van der Waals surface area (Å²) in [7, 11) is 1.59. The molecule has 0 heterocycles. The van der Waals surface area contributed by atoms with Gasteiger partial charge in [0.25, 0.3) is 0 Å². The topological polar surface area (TPSA) is 32.3 Å². The van der Waals surface area contributed by atoms with Gasteiger partial charge in [0.05, 0.1) is 6.10 Å². The van der Waals surface area contributed by atoms with Crippen molar-refractivity contribution in [2.24, 2.45) is 0 Å². The second kappa shape index (κ2) is 6.81. The predicted octanol–water partition coefficient (Wildman–Crippen LogP) is 1.06. The number of ether oxygens (including phenoxy) is 1. The summed E-state index contributed by atoms with van der Waals surface area (Å²) in [5, 5.41) is 10.8. The van der Waals surface area contributed by atoms with Crippen LogP contribution in [-0.2, 0) is 24.2 Å². The second-order valence-corrected chi connectivity index (χ2v) is 2.26. The summed E-state index contributed by atoms with van der Waals surface area (Å²) in [4.78, 5) is 0. The van der Waals surface area contributed by atoms with Crippen LogP contribution >= 0.6 is 0 Å². The summed E-state index contributed by atoms with van der Waals surface area (Å²) < 4.78 is 4.92. The fraction of sp³-hybridized carbons (Fsp3) is 0.750. The molecule has 0 aromatic carbocycles. The minimum absolute atomic E-state index is 0. The van der Waals surface area contributed by atoms with E-state index in [2.05, 4.69) is 0 Å². The normalized spacial score (nSPS) is 22.6. The molecule has 2 nitrogen and oxygen atoms in total. The maximum atomic E-state index is 10.8. The molecule has 11 heavy (non-hydrogen) atoms. The quantitative estimate of drug-likeness (QED) is 0.604. The van der Waals surface area contributed by atoms with Gasteiger partial charge in [-0.25, -0.2) is 0 Å². The minimum atomic E-state index is -0.140. The predicted molar refractivity (Wildman–Crippen MR) is 39.5 cm³/mol. The Morgan fingerprint density at radius 3 is 2.64 bits per heavy atom. The zero-order valence-corrected chi connectivity index (χ0v) is 9.27. The summed E-state index contributed by atoms with van der Waals surface area (Å²) in [5.74, 6) is 0.156. The molecule has 1 atom stereocenters. The third-order valence-corrected chi connectivity index (χ3v) is 1.62. The van der Waals surface area contributed by atoms with E-state index in [0.717, 1.165) is 19.3 Å². The van der Waals surface area contributed by atoms with Gasteiger partial charge in [0.2, 0.25) is 0 Å². The van der Waals surface area contributed by atoms with Crippen molar-refractivity contribution < 1.29 is 29.3 Å². The Bertz CT molecular complexity index is 123. The van der Waals surface area contributed by atoms with E-state index in [1.807, 2.05) is 0 Å². The van der Waals surface area contributed by atoms with Crippen molar-refractivity contribution in [3.8, 4) is 0 Å². The summed E-state index contributed by atoms with van der Waals surface area (Å²) in [6.07, 6.45) is 4.49. The first-order valence-electron chi connectivity index (χ1n) is 3.24. The van der Waals surface area contributed by atoms with Gasteiger partial charge in [-0.15, -0.1) is 5.76 Å². The standard InChI is InChI=1S/C7H12O2.CH4.Zn/c1-9-7-5-3-2-4-6(7)8;;/h4,7-8H,2-3,5H2,1H3;1H4;/p-1. The number of hydrogen-bond donors (Lipinski definition) is 0. The van der Waals surface area contributed by atoms with Crippen LogP contribution in [0.1, 0.15) is 26.7 Å². The van der Waals surface area contributed by atoms with Gasteiger partial charge >= 0.3 is 0 Å². The smallest absolute Gasteiger partial charge is 0.0679 e. The monoisotopic (exact) mass is 207 g/mol. The van der Waals surface area contributed by atoms with Crippen LogP contribution in [0.5, 0.6) is 0 Å². The van der Waals surface area contributed by atoms with Crippen LogP contribution in [0.15, 0.2) is 11.8 Å². The van der Waals surface area contributed by atoms with E-state index >= 15 is 0 Å². The van der Waals surface area contributed by atoms with Crippen LogP contribution in [0.25, 0.3) is 0 Å². The number of rotatable bonds is 1. The molecule has 0 aromatic heterocycles. The molecule has 1 rings (SSSR count). The Labute approximate surface area is 81.4 Å². The van der Waals surface area contributed by atoms with E-state index in [9.17, 15) is 5.11 Å². The molecule has 1 aliphatic carbocycles. The first-order valence-corrected chi connectivity index (χ1v) is 3.24. The number of allylic oxidation sites excluding steroid dienone is 1. The van der Waals surface area contributed by atoms with Crippen molar-refractivity contribution in [3.05, 3.63) is 11.8 Å². The molecule has 0 spiro atoms. The number of hydrogen-bond acceptors (Lipinski definition) is 2. The van der Waals surface area contributed by atoms with Crippen molar-refractivity contribution in [2.75, 3.05) is 7.11 Å². The van der Waals surface area contributed by atoms with E-state index in [0.29, 0.717) is 0 Å². The van der Waals surface area contributed by atoms with Gasteiger partial charge in [0.1, 0.15) is 0 Å². The van der Waals surface area contributed by atoms with E-state index in [-0.39, 0.29) is 38.8 Å². The maximum absolute atomic E-state index is 10.8. The average molecular weight is 209 g/mol. The van der Waals surface area contributed by atoms with Gasteiger partial charge in [-0.3, -0.25) is 0 Å². The van der Waals surface area contributed by atoms with Crippen LogP contribution in [0, 0.1) is 0 Å². The molecular formula is C8H15O2Zn-. The SMILES string of the molecule is C.COC1CCCC=C1[O-].[Zn]. The summed E-state index contributed by atoms with van der Waals surface area (Å²) in [6, 6.07) is 0.